The average molecular weight is 349 g/mol. The van der Waals surface area contributed by atoms with Gasteiger partial charge in [-0.15, -0.1) is 0 Å². The van der Waals surface area contributed by atoms with Crippen LogP contribution < -0.4 is 5.32 Å². The molecule has 1 aromatic rings. The number of carbonyl (C=O) groups is 1. The Bertz CT molecular complexity index is 561. The van der Waals surface area contributed by atoms with Crippen LogP contribution >= 0.6 is 0 Å². The number of piperidine rings is 1. The number of aromatic nitrogens is 1. The Kier molecular flexibility index (Phi) is 6.12. The van der Waals surface area contributed by atoms with E-state index in [0.29, 0.717) is 13.0 Å². The van der Waals surface area contributed by atoms with E-state index in [2.05, 4.69) is 15.4 Å². The van der Waals surface area contributed by atoms with Crippen molar-refractivity contribution < 1.29 is 14.4 Å². The van der Waals surface area contributed by atoms with Gasteiger partial charge in [0.15, 0.2) is 0 Å². The highest BCUT2D eigenvalue weighted by atomic mass is 16.5. The highest BCUT2D eigenvalue weighted by molar-refractivity contribution is 5.76. The summed E-state index contributed by atoms with van der Waals surface area (Å²) in [5.74, 6) is 1.66. The first-order valence-electron chi connectivity index (χ1n) is 9.64. The highest BCUT2D eigenvalue weighted by Crippen LogP contribution is 2.28. The van der Waals surface area contributed by atoms with Crippen molar-refractivity contribution in [2.45, 2.75) is 77.5 Å². The van der Waals surface area contributed by atoms with E-state index in [1.165, 1.54) is 25.7 Å². The van der Waals surface area contributed by atoms with E-state index in [1.54, 1.807) is 0 Å². The van der Waals surface area contributed by atoms with Gasteiger partial charge in [0.25, 0.3) is 0 Å². The van der Waals surface area contributed by atoms with Crippen LogP contribution in [0.25, 0.3) is 0 Å². The van der Waals surface area contributed by atoms with E-state index in [1.807, 2.05) is 13.8 Å². The lowest BCUT2D eigenvalue weighted by Gasteiger charge is -2.36. The molecule has 1 aromatic heterocycles. The second kappa shape index (κ2) is 8.32. The molecule has 0 radical (unpaired) electrons. The fourth-order valence-electron chi connectivity index (χ4n) is 4.17. The number of rotatable bonds is 6. The van der Waals surface area contributed by atoms with Crippen LogP contribution in [0, 0.1) is 19.8 Å². The van der Waals surface area contributed by atoms with Crippen molar-refractivity contribution in [3.05, 3.63) is 17.0 Å². The number of aliphatic hydroxyl groups is 1. The Morgan fingerprint density at radius 2 is 2.08 bits per heavy atom. The number of aliphatic hydroxyl groups excluding tert-OH is 1. The summed E-state index contributed by atoms with van der Waals surface area (Å²) in [6.45, 7) is 6.02. The Hall–Kier alpha value is -1.40. The van der Waals surface area contributed by atoms with Gasteiger partial charge in [0.1, 0.15) is 5.76 Å². The van der Waals surface area contributed by atoms with Crippen LogP contribution in [0.3, 0.4) is 0 Å². The standard InChI is InChI=1S/C19H31N3O3/c1-13-16(14(2)25-21-13)11-22-10-9-17(18(23)12-22)20-19(24)8-7-15-5-3-4-6-15/h15,17-18,23H,3-12H2,1-2H3,(H,20,24)/t17-,18-/m1/s1. The molecule has 1 aliphatic heterocycles. The monoisotopic (exact) mass is 349 g/mol. The molecule has 140 valence electrons. The van der Waals surface area contributed by atoms with E-state index >= 15 is 0 Å². The maximum atomic E-state index is 12.2. The topological polar surface area (TPSA) is 78.6 Å². The van der Waals surface area contributed by atoms with E-state index in [4.69, 9.17) is 4.52 Å². The van der Waals surface area contributed by atoms with Gasteiger partial charge in [0.2, 0.25) is 5.91 Å². The first kappa shape index (κ1) is 18.4. The molecule has 0 unspecified atom stereocenters. The smallest absolute Gasteiger partial charge is 0.220 e. The molecule has 1 aliphatic carbocycles. The quantitative estimate of drug-likeness (QED) is 0.824. The molecule has 2 aliphatic rings. The largest absolute Gasteiger partial charge is 0.390 e. The summed E-state index contributed by atoms with van der Waals surface area (Å²) < 4.78 is 5.21. The maximum Gasteiger partial charge on any atom is 0.220 e. The second-order valence-corrected chi connectivity index (χ2v) is 7.76. The Balaban J connectivity index is 1.42. The lowest BCUT2D eigenvalue weighted by molar-refractivity contribution is -0.123. The van der Waals surface area contributed by atoms with Crippen molar-refractivity contribution in [1.82, 2.24) is 15.4 Å². The number of β-amino-alcohol motifs (C(OH)–C–C–N with tert-alkyl or cyclic N) is 1. The zero-order valence-electron chi connectivity index (χ0n) is 15.5. The molecule has 6 heteroatoms. The summed E-state index contributed by atoms with van der Waals surface area (Å²) in [6, 6.07) is -0.128. The molecule has 1 saturated carbocycles. The number of amides is 1. The molecule has 1 amide bonds. The number of nitrogens with zero attached hydrogens (tertiary/aromatic N) is 2. The fraction of sp³-hybridized carbons (Fsp3) is 0.789. The van der Waals surface area contributed by atoms with Crippen LogP contribution in [0.15, 0.2) is 4.52 Å². The third-order valence-corrected chi connectivity index (χ3v) is 5.83. The Labute approximate surface area is 149 Å². The van der Waals surface area contributed by atoms with Crippen LogP contribution in [0.4, 0.5) is 0 Å². The normalized spacial score (nSPS) is 25.4. The van der Waals surface area contributed by atoms with Crippen LogP contribution in [0.1, 0.15) is 62.0 Å². The van der Waals surface area contributed by atoms with Crippen molar-refractivity contribution in [2.75, 3.05) is 13.1 Å². The molecular weight excluding hydrogens is 318 g/mol. The molecule has 2 heterocycles. The van der Waals surface area contributed by atoms with Gasteiger partial charge in [0, 0.05) is 31.6 Å². The highest BCUT2D eigenvalue weighted by Gasteiger charge is 2.29. The molecule has 0 bridgehead atoms. The van der Waals surface area contributed by atoms with Crippen molar-refractivity contribution in [2.24, 2.45) is 5.92 Å². The van der Waals surface area contributed by atoms with Crippen LogP contribution in [-0.2, 0) is 11.3 Å². The number of nitrogens with one attached hydrogen (secondary N) is 1. The number of likely N-dealkylation sites (tertiary alicyclic amines) is 1. The minimum atomic E-state index is -0.523. The van der Waals surface area contributed by atoms with Gasteiger partial charge < -0.3 is 14.9 Å². The SMILES string of the molecule is Cc1noc(C)c1CN1CC[C@@H](NC(=O)CCC2CCCC2)[C@H](O)C1. The fourth-order valence-corrected chi connectivity index (χ4v) is 4.17. The van der Waals surface area contributed by atoms with E-state index in [0.717, 1.165) is 48.9 Å². The minimum Gasteiger partial charge on any atom is -0.390 e. The third kappa shape index (κ3) is 4.82. The molecule has 3 rings (SSSR count). The summed E-state index contributed by atoms with van der Waals surface area (Å²) in [4.78, 5) is 14.4. The molecule has 0 spiro atoms. The van der Waals surface area contributed by atoms with Gasteiger partial charge in [0.05, 0.1) is 17.8 Å². The summed E-state index contributed by atoms with van der Waals surface area (Å²) >= 11 is 0. The predicted molar refractivity (Wildman–Crippen MR) is 95.0 cm³/mol. The van der Waals surface area contributed by atoms with Crippen molar-refractivity contribution in [1.29, 1.82) is 0 Å². The number of hydrogen-bond acceptors (Lipinski definition) is 5. The molecule has 25 heavy (non-hydrogen) atoms. The molecule has 2 N–H and O–H groups in total. The van der Waals surface area contributed by atoms with Gasteiger partial charge in [-0.25, -0.2) is 0 Å². The summed E-state index contributed by atoms with van der Waals surface area (Å²) in [7, 11) is 0. The van der Waals surface area contributed by atoms with E-state index in [9.17, 15) is 9.90 Å². The number of carbonyl (C=O) groups excluding carboxylic acids is 1. The summed E-state index contributed by atoms with van der Waals surface area (Å²) in [5.41, 5.74) is 2.01. The predicted octanol–water partition coefficient (Wildman–Crippen LogP) is 2.31. The summed E-state index contributed by atoms with van der Waals surface area (Å²) in [5, 5.41) is 17.5. The zero-order chi connectivity index (χ0) is 17.8. The lowest BCUT2D eigenvalue weighted by atomic mass is 9.99. The average Bonchev–Trinajstić information content (AvgIpc) is 3.21. The molecule has 2 fully saturated rings. The minimum absolute atomic E-state index is 0.0927. The second-order valence-electron chi connectivity index (χ2n) is 7.76. The van der Waals surface area contributed by atoms with Crippen molar-refractivity contribution in [3.63, 3.8) is 0 Å². The van der Waals surface area contributed by atoms with Gasteiger partial charge in [-0.1, -0.05) is 30.8 Å². The van der Waals surface area contributed by atoms with Crippen molar-refractivity contribution in [3.8, 4) is 0 Å². The van der Waals surface area contributed by atoms with Gasteiger partial charge in [-0.05, 0) is 32.6 Å². The van der Waals surface area contributed by atoms with E-state index in [-0.39, 0.29) is 11.9 Å². The van der Waals surface area contributed by atoms with Crippen LogP contribution in [0.2, 0.25) is 0 Å². The molecule has 0 aromatic carbocycles. The van der Waals surface area contributed by atoms with Gasteiger partial charge in [-0.3, -0.25) is 9.69 Å². The number of aryl methyl sites for hydroxylation is 2. The Morgan fingerprint density at radius 3 is 2.72 bits per heavy atom. The molecule has 2 atom stereocenters. The first-order chi connectivity index (χ1) is 12.0. The number of hydrogen-bond donors (Lipinski definition) is 2. The van der Waals surface area contributed by atoms with Gasteiger partial charge in [-0.2, -0.15) is 0 Å². The maximum absolute atomic E-state index is 12.2. The third-order valence-electron chi connectivity index (χ3n) is 5.83. The molecule has 6 nitrogen and oxygen atoms in total. The first-order valence-corrected chi connectivity index (χ1v) is 9.64. The zero-order valence-corrected chi connectivity index (χ0v) is 15.5. The van der Waals surface area contributed by atoms with Gasteiger partial charge >= 0.3 is 0 Å². The van der Waals surface area contributed by atoms with Crippen LogP contribution in [-0.4, -0.2) is 46.3 Å². The van der Waals surface area contributed by atoms with Crippen LogP contribution in [0.5, 0.6) is 0 Å². The molecule has 1 saturated heterocycles. The van der Waals surface area contributed by atoms with Crippen molar-refractivity contribution >= 4 is 5.91 Å². The summed E-state index contributed by atoms with van der Waals surface area (Å²) in [6.07, 6.45) is 7.02. The molecular formula is C19H31N3O3. The Morgan fingerprint density at radius 1 is 1.32 bits per heavy atom. The van der Waals surface area contributed by atoms with E-state index < -0.39 is 6.10 Å². The lowest BCUT2D eigenvalue weighted by Crippen LogP contribution is -2.53.